The van der Waals surface area contributed by atoms with E-state index in [1.165, 1.54) is 6.08 Å². The van der Waals surface area contributed by atoms with Crippen molar-refractivity contribution in [3.8, 4) is 17.0 Å². The molecule has 1 amide bonds. The highest BCUT2D eigenvalue weighted by molar-refractivity contribution is 5.91. The summed E-state index contributed by atoms with van der Waals surface area (Å²) in [5.74, 6) is 0.738. The number of nitrogens with one attached hydrogen (secondary N) is 2. The molecule has 0 radical (unpaired) electrons. The van der Waals surface area contributed by atoms with Crippen molar-refractivity contribution in [3.05, 3.63) is 42.0 Å². The van der Waals surface area contributed by atoms with Crippen LogP contribution in [-0.4, -0.2) is 53.9 Å². The lowest BCUT2D eigenvalue weighted by atomic mass is 9.96. The first-order valence-electron chi connectivity index (χ1n) is 10.0. The summed E-state index contributed by atoms with van der Waals surface area (Å²) < 4.78 is 0. The van der Waals surface area contributed by atoms with Crippen LogP contribution in [0.25, 0.3) is 17.3 Å². The first-order valence-corrected chi connectivity index (χ1v) is 10.0. The van der Waals surface area contributed by atoms with Gasteiger partial charge in [-0.05, 0) is 61.7 Å². The van der Waals surface area contributed by atoms with E-state index >= 15 is 0 Å². The number of rotatable bonds is 6. The maximum absolute atomic E-state index is 11.3. The molecule has 0 aliphatic carbocycles. The van der Waals surface area contributed by atoms with E-state index in [4.69, 9.17) is 0 Å². The minimum Gasteiger partial charge on any atom is -0.507 e. The van der Waals surface area contributed by atoms with E-state index in [-0.39, 0.29) is 11.7 Å². The van der Waals surface area contributed by atoms with E-state index < -0.39 is 0 Å². The third-order valence-electron chi connectivity index (χ3n) is 5.49. The largest absolute Gasteiger partial charge is 0.507 e. The monoisotopic (exact) mass is 395 g/mol. The topological polar surface area (TPSA) is 90.4 Å². The summed E-state index contributed by atoms with van der Waals surface area (Å²) in [5.41, 5.74) is 1.95. The molecule has 1 saturated heterocycles. The van der Waals surface area contributed by atoms with Gasteiger partial charge in [-0.3, -0.25) is 4.79 Å². The van der Waals surface area contributed by atoms with Crippen molar-refractivity contribution in [3.63, 3.8) is 0 Å². The molecule has 1 aromatic carbocycles. The van der Waals surface area contributed by atoms with Crippen LogP contribution in [0.15, 0.2) is 36.4 Å². The molecule has 29 heavy (non-hydrogen) atoms. The van der Waals surface area contributed by atoms with Gasteiger partial charge in [-0.15, -0.1) is 10.2 Å². The molecule has 7 heteroatoms. The summed E-state index contributed by atoms with van der Waals surface area (Å²) in [6.45, 7) is 3.23. The number of likely N-dealkylation sites (N-methyl/N-ethyl adjacent to an activating group) is 1. The Hall–Kier alpha value is -2.93. The minimum absolute atomic E-state index is 0.101. The van der Waals surface area contributed by atoms with Gasteiger partial charge in [0.2, 0.25) is 5.91 Å². The van der Waals surface area contributed by atoms with Crippen LogP contribution in [0.4, 0.5) is 5.82 Å². The molecule has 1 aliphatic heterocycles. The molecule has 3 rings (SSSR count). The number of nitrogens with zero attached hydrogens (tertiary/aromatic N) is 3. The normalized spacial score (nSPS) is 19.3. The Kier molecular flexibility index (Phi) is 6.82. The first-order chi connectivity index (χ1) is 14.0. The van der Waals surface area contributed by atoms with Crippen molar-refractivity contribution in [2.45, 2.75) is 38.3 Å². The van der Waals surface area contributed by atoms with Crippen LogP contribution in [0.2, 0.25) is 0 Å². The SMILES string of the molecule is CC[C@H]1C[C@@H](N(C)c2ccc(-c3ccc(/C=C/C(=O)NC)cc3O)nn2)CCN1. The first kappa shape index (κ1) is 20.8. The molecule has 7 nitrogen and oxygen atoms in total. The van der Waals surface area contributed by atoms with Gasteiger partial charge in [-0.25, -0.2) is 0 Å². The number of aromatic hydroxyl groups is 1. The average molecular weight is 396 g/mol. The number of phenols is 1. The molecule has 3 N–H and O–H groups in total. The summed E-state index contributed by atoms with van der Waals surface area (Å²) in [6, 6.07) is 10.0. The molecule has 154 valence electrons. The van der Waals surface area contributed by atoms with Gasteiger partial charge in [-0.2, -0.15) is 0 Å². The fourth-order valence-corrected chi connectivity index (χ4v) is 3.61. The Morgan fingerprint density at radius 2 is 2.17 bits per heavy atom. The van der Waals surface area contributed by atoms with E-state index in [1.807, 2.05) is 18.2 Å². The summed E-state index contributed by atoms with van der Waals surface area (Å²) in [5, 5.41) is 25.2. The number of amides is 1. The van der Waals surface area contributed by atoms with Crippen LogP contribution in [0.5, 0.6) is 5.75 Å². The molecular formula is C22H29N5O2. The van der Waals surface area contributed by atoms with Gasteiger partial charge in [0.15, 0.2) is 5.82 Å². The molecule has 1 fully saturated rings. The van der Waals surface area contributed by atoms with Gasteiger partial charge in [-0.1, -0.05) is 13.0 Å². The van der Waals surface area contributed by atoms with E-state index in [2.05, 4.69) is 39.7 Å². The van der Waals surface area contributed by atoms with Gasteiger partial charge < -0.3 is 20.6 Å². The Bertz CT molecular complexity index is 866. The maximum Gasteiger partial charge on any atom is 0.243 e. The molecule has 0 unspecified atom stereocenters. The highest BCUT2D eigenvalue weighted by atomic mass is 16.3. The number of anilines is 1. The lowest BCUT2D eigenvalue weighted by molar-refractivity contribution is -0.115. The lowest BCUT2D eigenvalue weighted by Crippen LogP contribution is -2.46. The van der Waals surface area contributed by atoms with E-state index in [0.717, 1.165) is 37.2 Å². The van der Waals surface area contributed by atoms with Crippen LogP contribution >= 0.6 is 0 Å². The number of hydrogen-bond acceptors (Lipinski definition) is 6. The summed E-state index contributed by atoms with van der Waals surface area (Å²) >= 11 is 0. The molecule has 0 saturated carbocycles. The molecule has 2 atom stereocenters. The third-order valence-corrected chi connectivity index (χ3v) is 5.49. The van der Waals surface area contributed by atoms with E-state index in [9.17, 15) is 9.90 Å². The third kappa shape index (κ3) is 5.12. The van der Waals surface area contributed by atoms with Crippen LogP contribution in [0.1, 0.15) is 31.7 Å². The molecule has 0 bridgehead atoms. The van der Waals surface area contributed by atoms with Gasteiger partial charge in [0, 0.05) is 37.8 Å². The summed E-state index contributed by atoms with van der Waals surface area (Å²) in [6.07, 6.45) is 6.38. The quantitative estimate of drug-likeness (QED) is 0.652. The summed E-state index contributed by atoms with van der Waals surface area (Å²) in [4.78, 5) is 13.5. The second kappa shape index (κ2) is 9.52. The summed E-state index contributed by atoms with van der Waals surface area (Å²) in [7, 11) is 3.64. The highest BCUT2D eigenvalue weighted by Gasteiger charge is 2.24. The van der Waals surface area contributed by atoms with Gasteiger partial charge >= 0.3 is 0 Å². The standard InChI is InChI=1S/C22H29N5O2/c1-4-16-14-17(11-12-24-16)27(3)21-9-8-19(25-26-21)18-7-5-15(13-20(18)28)6-10-22(29)23-2/h5-10,13,16-17,24,28H,4,11-12,14H2,1-3H3,(H,23,29)/b10-6+/t16-,17-/m0/s1. The maximum atomic E-state index is 11.3. The van der Waals surface area contributed by atoms with Gasteiger partial charge in [0.05, 0.1) is 5.69 Å². The van der Waals surface area contributed by atoms with Crippen molar-refractivity contribution < 1.29 is 9.90 Å². The van der Waals surface area contributed by atoms with Crippen molar-refractivity contribution in [1.82, 2.24) is 20.8 Å². The van der Waals surface area contributed by atoms with E-state index in [1.54, 1.807) is 25.3 Å². The lowest BCUT2D eigenvalue weighted by Gasteiger charge is -2.36. The van der Waals surface area contributed by atoms with Crippen LogP contribution in [-0.2, 0) is 4.79 Å². The highest BCUT2D eigenvalue weighted by Crippen LogP contribution is 2.30. The van der Waals surface area contributed by atoms with Crippen LogP contribution < -0.4 is 15.5 Å². The van der Waals surface area contributed by atoms with Crippen molar-refractivity contribution in [2.75, 3.05) is 25.5 Å². The molecule has 2 aromatic rings. The zero-order valence-electron chi connectivity index (χ0n) is 17.2. The van der Waals surface area contributed by atoms with Crippen molar-refractivity contribution in [1.29, 1.82) is 0 Å². The Morgan fingerprint density at radius 3 is 2.83 bits per heavy atom. The number of aromatic nitrogens is 2. The fourth-order valence-electron chi connectivity index (χ4n) is 3.61. The molecule has 0 spiro atoms. The Balaban J connectivity index is 1.73. The smallest absolute Gasteiger partial charge is 0.243 e. The van der Waals surface area contributed by atoms with Crippen molar-refractivity contribution >= 4 is 17.8 Å². The zero-order valence-corrected chi connectivity index (χ0v) is 17.2. The second-order valence-electron chi connectivity index (χ2n) is 7.35. The predicted molar refractivity (Wildman–Crippen MR) is 116 cm³/mol. The number of carbonyl (C=O) groups is 1. The van der Waals surface area contributed by atoms with Gasteiger partial charge in [0.25, 0.3) is 0 Å². The minimum atomic E-state index is -0.196. The Labute approximate surface area is 171 Å². The number of hydrogen-bond donors (Lipinski definition) is 3. The average Bonchev–Trinajstić information content (AvgIpc) is 2.77. The molecule has 1 aromatic heterocycles. The molecule has 2 heterocycles. The van der Waals surface area contributed by atoms with Crippen LogP contribution in [0.3, 0.4) is 0 Å². The number of piperidine rings is 1. The van der Waals surface area contributed by atoms with Gasteiger partial charge in [0.1, 0.15) is 5.75 Å². The van der Waals surface area contributed by atoms with Crippen molar-refractivity contribution in [2.24, 2.45) is 0 Å². The number of carbonyl (C=O) groups excluding carboxylic acids is 1. The zero-order chi connectivity index (χ0) is 20.8. The number of phenolic OH excluding ortho intramolecular Hbond substituents is 1. The fraction of sp³-hybridized carbons (Fsp3) is 0.409. The second-order valence-corrected chi connectivity index (χ2v) is 7.35. The number of benzene rings is 1. The van der Waals surface area contributed by atoms with Crippen LogP contribution in [0, 0.1) is 0 Å². The molecule has 1 aliphatic rings. The molecular weight excluding hydrogens is 366 g/mol. The van der Waals surface area contributed by atoms with E-state index in [0.29, 0.717) is 23.3 Å². The predicted octanol–water partition coefficient (Wildman–Crippen LogP) is 2.58. The Morgan fingerprint density at radius 1 is 1.34 bits per heavy atom.